The molecule has 0 spiro atoms. The van der Waals surface area contributed by atoms with E-state index in [1.807, 2.05) is 13.0 Å². The Hall–Kier alpha value is -3.57. The first-order chi connectivity index (χ1) is 13.9. The lowest BCUT2D eigenvalue weighted by atomic mass is 10.1. The summed E-state index contributed by atoms with van der Waals surface area (Å²) in [5.74, 6) is 0.103. The summed E-state index contributed by atoms with van der Waals surface area (Å²) in [4.78, 5) is 22.8. The lowest BCUT2D eigenvalue weighted by molar-refractivity contribution is -0.384. The number of nitro benzene ring substituents is 1. The largest absolute Gasteiger partial charge is 0.493 e. The van der Waals surface area contributed by atoms with Crippen LogP contribution in [0.15, 0.2) is 42.0 Å². The van der Waals surface area contributed by atoms with E-state index in [0.717, 1.165) is 0 Å². The molecular weight excluding hydrogens is 398 g/mol. The van der Waals surface area contributed by atoms with Gasteiger partial charge in [-0.05, 0) is 32.1 Å². The van der Waals surface area contributed by atoms with Gasteiger partial charge in [-0.3, -0.25) is 14.9 Å². The van der Waals surface area contributed by atoms with E-state index < -0.39 is 10.8 Å². The van der Waals surface area contributed by atoms with E-state index in [-0.39, 0.29) is 16.9 Å². The number of nitrogens with zero attached hydrogens (tertiary/aromatic N) is 2. The van der Waals surface area contributed by atoms with Gasteiger partial charge in [0.2, 0.25) is 0 Å². The lowest BCUT2D eigenvalue weighted by Crippen LogP contribution is -2.13. The first-order valence-corrected chi connectivity index (χ1v) is 9.04. The van der Waals surface area contributed by atoms with Gasteiger partial charge in [-0.1, -0.05) is 17.7 Å². The summed E-state index contributed by atoms with van der Waals surface area (Å²) in [5.41, 5.74) is 0.214. The predicted molar refractivity (Wildman–Crippen MR) is 109 cm³/mol. The zero-order valence-electron chi connectivity index (χ0n) is 15.8. The SMILES string of the molecule is CCOc1cc(OCC)c(/C=C(\C#N)C(=O)Nc2cccc([N+](=O)[O-])c2)cc1Cl. The molecule has 0 aromatic heterocycles. The molecule has 0 radical (unpaired) electrons. The Morgan fingerprint density at radius 2 is 1.93 bits per heavy atom. The van der Waals surface area contributed by atoms with Crippen molar-refractivity contribution in [3.8, 4) is 17.6 Å². The fourth-order valence-electron chi connectivity index (χ4n) is 2.41. The molecule has 0 heterocycles. The maximum Gasteiger partial charge on any atom is 0.271 e. The Bertz CT molecular complexity index is 998. The average Bonchev–Trinajstić information content (AvgIpc) is 2.69. The number of carbonyl (C=O) groups is 1. The molecule has 2 aromatic rings. The van der Waals surface area contributed by atoms with Crippen LogP contribution in [0.1, 0.15) is 19.4 Å². The molecule has 0 saturated heterocycles. The number of carbonyl (C=O) groups excluding carboxylic acids is 1. The molecule has 1 N–H and O–H groups in total. The minimum absolute atomic E-state index is 0.179. The summed E-state index contributed by atoms with van der Waals surface area (Å²) in [6.07, 6.45) is 1.33. The van der Waals surface area contributed by atoms with Gasteiger partial charge in [0.1, 0.15) is 23.1 Å². The quantitative estimate of drug-likeness (QED) is 0.292. The molecule has 2 rings (SSSR count). The summed E-state index contributed by atoms with van der Waals surface area (Å²) < 4.78 is 11.0. The van der Waals surface area contributed by atoms with Crippen molar-refractivity contribution in [3.05, 3.63) is 62.7 Å². The van der Waals surface area contributed by atoms with Crippen molar-refractivity contribution >= 4 is 35.0 Å². The number of anilines is 1. The van der Waals surface area contributed by atoms with Gasteiger partial charge in [0.15, 0.2) is 0 Å². The Kier molecular flexibility index (Phi) is 7.57. The van der Waals surface area contributed by atoms with Crippen LogP contribution < -0.4 is 14.8 Å². The van der Waals surface area contributed by atoms with Crippen LogP contribution >= 0.6 is 11.6 Å². The first-order valence-electron chi connectivity index (χ1n) is 8.66. The molecule has 0 aliphatic rings. The zero-order valence-corrected chi connectivity index (χ0v) is 16.5. The number of nitriles is 1. The highest BCUT2D eigenvalue weighted by molar-refractivity contribution is 6.32. The van der Waals surface area contributed by atoms with Crippen LogP contribution in [0.2, 0.25) is 5.02 Å². The molecule has 9 heteroatoms. The van der Waals surface area contributed by atoms with Crippen molar-refractivity contribution in [1.29, 1.82) is 5.26 Å². The molecule has 0 fully saturated rings. The summed E-state index contributed by atoms with van der Waals surface area (Å²) in [5, 5.41) is 23.1. The van der Waals surface area contributed by atoms with Crippen LogP contribution in [0.5, 0.6) is 11.5 Å². The summed E-state index contributed by atoms with van der Waals surface area (Å²) >= 11 is 6.21. The summed E-state index contributed by atoms with van der Waals surface area (Å²) in [7, 11) is 0. The zero-order chi connectivity index (χ0) is 21.4. The van der Waals surface area contributed by atoms with Crippen LogP contribution in [0.25, 0.3) is 6.08 Å². The number of nitro groups is 1. The maximum absolute atomic E-state index is 12.5. The molecule has 0 aliphatic carbocycles. The van der Waals surface area contributed by atoms with E-state index in [1.165, 1.54) is 36.4 Å². The number of hydrogen-bond acceptors (Lipinski definition) is 6. The highest BCUT2D eigenvalue weighted by atomic mass is 35.5. The number of amides is 1. The molecule has 29 heavy (non-hydrogen) atoms. The van der Waals surface area contributed by atoms with Crippen molar-refractivity contribution < 1.29 is 19.2 Å². The van der Waals surface area contributed by atoms with Gasteiger partial charge in [0, 0.05) is 29.4 Å². The van der Waals surface area contributed by atoms with Gasteiger partial charge in [-0.15, -0.1) is 0 Å². The number of nitrogens with one attached hydrogen (secondary N) is 1. The van der Waals surface area contributed by atoms with Crippen molar-refractivity contribution in [2.45, 2.75) is 13.8 Å². The smallest absolute Gasteiger partial charge is 0.271 e. The van der Waals surface area contributed by atoms with Crippen molar-refractivity contribution in [2.75, 3.05) is 18.5 Å². The molecule has 0 unspecified atom stereocenters. The Morgan fingerprint density at radius 1 is 1.24 bits per heavy atom. The second-order valence-corrected chi connectivity index (χ2v) is 6.03. The fourth-order valence-corrected chi connectivity index (χ4v) is 2.64. The van der Waals surface area contributed by atoms with Crippen molar-refractivity contribution in [1.82, 2.24) is 0 Å². The van der Waals surface area contributed by atoms with Crippen LogP contribution in [-0.4, -0.2) is 24.0 Å². The van der Waals surface area contributed by atoms with E-state index >= 15 is 0 Å². The van der Waals surface area contributed by atoms with Gasteiger partial charge in [0.25, 0.3) is 11.6 Å². The number of ether oxygens (including phenoxy) is 2. The van der Waals surface area contributed by atoms with Gasteiger partial charge in [-0.2, -0.15) is 5.26 Å². The summed E-state index contributed by atoms with van der Waals surface area (Å²) in [6, 6.07) is 10.4. The van der Waals surface area contributed by atoms with Crippen LogP contribution in [0.3, 0.4) is 0 Å². The third kappa shape index (κ3) is 5.70. The van der Waals surface area contributed by atoms with Gasteiger partial charge < -0.3 is 14.8 Å². The molecule has 2 aromatic carbocycles. The number of rotatable bonds is 8. The lowest BCUT2D eigenvalue weighted by Gasteiger charge is -2.12. The highest BCUT2D eigenvalue weighted by Gasteiger charge is 2.15. The second-order valence-electron chi connectivity index (χ2n) is 5.62. The van der Waals surface area contributed by atoms with Gasteiger partial charge in [0.05, 0.1) is 23.2 Å². The molecule has 0 atom stereocenters. The fraction of sp³-hybridized carbons (Fsp3) is 0.200. The van der Waals surface area contributed by atoms with Gasteiger partial charge >= 0.3 is 0 Å². The molecule has 0 saturated carbocycles. The summed E-state index contributed by atoms with van der Waals surface area (Å²) in [6.45, 7) is 4.38. The standard InChI is InChI=1S/C20H18ClN3O5/c1-3-28-18-11-19(29-4-2)17(21)9-13(18)8-14(12-22)20(25)23-15-6-5-7-16(10-15)24(26)27/h5-11H,3-4H2,1-2H3,(H,23,25)/b14-8+. The van der Waals surface area contributed by atoms with E-state index in [4.69, 9.17) is 21.1 Å². The average molecular weight is 416 g/mol. The molecule has 0 aliphatic heterocycles. The predicted octanol–water partition coefficient (Wildman–Crippen LogP) is 4.59. The number of halogens is 1. The third-order valence-corrected chi connectivity index (χ3v) is 3.94. The minimum Gasteiger partial charge on any atom is -0.493 e. The van der Waals surface area contributed by atoms with Crippen molar-refractivity contribution in [2.24, 2.45) is 0 Å². The molecule has 8 nitrogen and oxygen atoms in total. The van der Waals surface area contributed by atoms with E-state index in [1.54, 1.807) is 13.0 Å². The Morgan fingerprint density at radius 3 is 2.55 bits per heavy atom. The molecule has 0 bridgehead atoms. The van der Waals surface area contributed by atoms with E-state index in [0.29, 0.717) is 35.3 Å². The second kappa shape index (κ2) is 10.1. The van der Waals surface area contributed by atoms with Crippen molar-refractivity contribution in [3.63, 3.8) is 0 Å². The highest BCUT2D eigenvalue weighted by Crippen LogP contribution is 2.34. The van der Waals surface area contributed by atoms with Gasteiger partial charge in [-0.25, -0.2) is 0 Å². The number of benzene rings is 2. The van der Waals surface area contributed by atoms with E-state index in [2.05, 4.69) is 5.32 Å². The number of hydrogen-bond donors (Lipinski definition) is 1. The molecular formula is C20H18ClN3O5. The Balaban J connectivity index is 2.36. The molecule has 150 valence electrons. The first kappa shape index (κ1) is 21.7. The van der Waals surface area contributed by atoms with Crippen LogP contribution in [0.4, 0.5) is 11.4 Å². The number of non-ortho nitro benzene ring substituents is 1. The minimum atomic E-state index is -0.722. The molecule has 1 amide bonds. The Labute approximate surface area is 172 Å². The topological polar surface area (TPSA) is 114 Å². The monoisotopic (exact) mass is 415 g/mol. The van der Waals surface area contributed by atoms with Crippen LogP contribution in [-0.2, 0) is 4.79 Å². The normalized spacial score (nSPS) is 10.8. The maximum atomic E-state index is 12.5. The third-order valence-electron chi connectivity index (χ3n) is 3.64. The van der Waals surface area contributed by atoms with Crippen LogP contribution in [0, 0.1) is 21.4 Å². The van der Waals surface area contributed by atoms with E-state index in [9.17, 15) is 20.2 Å².